The van der Waals surface area contributed by atoms with Gasteiger partial charge in [-0.05, 0) is 19.9 Å². The van der Waals surface area contributed by atoms with Crippen molar-refractivity contribution in [1.82, 2.24) is 20.4 Å². The third kappa shape index (κ3) is 8.58. The Balaban J connectivity index is 0.00000392. The van der Waals surface area contributed by atoms with E-state index in [2.05, 4.69) is 20.5 Å². The van der Waals surface area contributed by atoms with Crippen molar-refractivity contribution in [3.8, 4) is 0 Å². The smallest absolute Gasteiger partial charge is 0.379 e. The monoisotopic (exact) mass is 521 g/mol. The summed E-state index contributed by atoms with van der Waals surface area (Å²) >= 11 is 0. The highest BCUT2D eigenvalue weighted by molar-refractivity contribution is 14.0. The van der Waals surface area contributed by atoms with E-state index in [1.807, 2.05) is 0 Å². The third-order valence-electron chi connectivity index (χ3n) is 5.51. The number of ether oxygens (including phenoxy) is 1. The number of alkyl halides is 3. The van der Waals surface area contributed by atoms with Gasteiger partial charge in [0.25, 0.3) is 0 Å². The molecule has 0 amide bonds. The molecule has 0 atom stereocenters. The molecule has 0 aromatic rings. The summed E-state index contributed by atoms with van der Waals surface area (Å²) in [7, 11) is 3.16. The zero-order chi connectivity index (χ0) is 19.8. The van der Waals surface area contributed by atoms with Gasteiger partial charge in [-0.2, -0.15) is 13.2 Å². The van der Waals surface area contributed by atoms with Gasteiger partial charge in [0.1, 0.15) is 0 Å². The van der Waals surface area contributed by atoms with Crippen LogP contribution in [-0.4, -0.2) is 94.1 Å². The van der Waals surface area contributed by atoms with E-state index in [4.69, 9.17) is 4.74 Å². The van der Waals surface area contributed by atoms with E-state index in [1.54, 1.807) is 7.05 Å². The van der Waals surface area contributed by atoms with Crippen molar-refractivity contribution in [2.75, 3.05) is 66.6 Å². The van der Waals surface area contributed by atoms with E-state index in [-0.39, 0.29) is 29.5 Å². The molecule has 0 aromatic heterocycles. The number of likely N-dealkylation sites (N-methyl/N-ethyl adjacent to an activating group) is 1. The summed E-state index contributed by atoms with van der Waals surface area (Å²) in [5, 5.41) is 6.55. The molecule has 2 fully saturated rings. The van der Waals surface area contributed by atoms with E-state index in [1.165, 1.54) is 31.2 Å². The second-order valence-electron chi connectivity index (χ2n) is 7.59. The van der Waals surface area contributed by atoms with Crippen LogP contribution in [0.2, 0.25) is 0 Å². The summed E-state index contributed by atoms with van der Waals surface area (Å²) in [5.41, 5.74) is 0.118. The molecule has 166 valence electrons. The average Bonchev–Trinajstić information content (AvgIpc) is 2.64. The van der Waals surface area contributed by atoms with E-state index in [0.717, 1.165) is 45.7 Å². The van der Waals surface area contributed by atoms with Gasteiger partial charge in [0, 0.05) is 45.3 Å². The Bertz CT molecular complexity index is 467. The van der Waals surface area contributed by atoms with Crippen LogP contribution in [0.3, 0.4) is 0 Å². The van der Waals surface area contributed by atoms with Crippen molar-refractivity contribution in [3.05, 3.63) is 0 Å². The van der Waals surface area contributed by atoms with Crippen LogP contribution in [0.4, 0.5) is 13.2 Å². The number of nitrogens with zero attached hydrogens (tertiary/aromatic N) is 3. The van der Waals surface area contributed by atoms with Crippen LogP contribution in [0, 0.1) is 0 Å². The molecule has 0 radical (unpaired) electrons. The van der Waals surface area contributed by atoms with Gasteiger partial charge in [0.15, 0.2) is 5.96 Å². The highest BCUT2D eigenvalue weighted by Crippen LogP contribution is 2.33. The number of guanidine groups is 1. The topological polar surface area (TPSA) is 52.1 Å². The minimum Gasteiger partial charge on any atom is -0.379 e. The molecule has 0 spiro atoms. The van der Waals surface area contributed by atoms with Crippen LogP contribution >= 0.6 is 24.0 Å². The number of hydrogen-bond donors (Lipinski definition) is 2. The molecule has 10 heteroatoms. The van der Waals surface area contributed by atoms with Gasteiger partial charge in [-0.1, -0.05) is 19.3 Å². The maximum Gasteiger partial charge on any atom is 0.401 e. The van der Waals surface area contributed by atoms with Crippen LogP contribution in [0.1, 0.15) is 32.1 Å². The predicted molar refractivity (Wildman–Crippen MR) is 117 cm³/mol. The Kier molecular flexibility index (Phi) is 11.4. The lowest BCUT2D eigenvalue weighted by Gasteiger charge is -2.48. The summed E-state index contributed by atoms with van der Waals surface area (Å²) in [4.78, 5) is 8.04. The number of aliphatic imine (C=N–C) groups is 1. The molecule has 0 unspecified atom stereocenters. The highest BCUT2D eigenvalue weighted by Gasteiger charge is 2.38. The summed E-state index contributed by atoms with van der Waals surface area (Å²) in [6.07, 6.45) is 1.89. The van der Waals surface area contributed by atoms with Gasteiger partial charge < -0.3 is 15.4 Å². The minimum atomic E-state index is -4.17. The lowest BCUT2D eigenvalue weighted by atomic mass is 9.80. The molecular weight excluding hydrogens is 486 g/mol. The average molecular weight is 521 g/mol. The van der Waals surface area contributed by atoms with Gasteiger partial charge in [-0.3, -0.25) is 14.8 Å². The molecular formula is C18H35F3IN5O. The number of hydrogen-bond acceptors (Lipinski definition) is 4. The molecule has 28 heavy (non-hydrogen) atoms. The number of nitrogens with one attached hydrogen (secondary N) is 2. The molecule has 0 bridgehead atoms. The summed E-state index contributed by atoms with van der Waals surface area (Å²) in [5.74, 6) is 0.647. The van der Waals surface area contributed by atoms with Gasteiger partial charge in [-0.25, -0.2) is 0 Å². The first-order valence-electron chi connectivity index (χ1n) is 9.87. The molecule has 1 heterocycles. The third-order valence-corrected chi connectivity index (χ3v) is 5.51. The Morgan fingerprint density at radius 1 is 1.14 bits per heavy atom. The largest absolute Gasteiger partial charge is 0.401 e. The first-order chi connectivity index (χ1) is 12.8. The van der Waals surface area contributed by atoms with E-state index < -0.39 is 12.7 Å². The molecule has 2 rings (SSSR count). The maximum atomic E-state index is 12.4. The molecule has 1 saturated carbocycles. The van der Waals surface area contributed by atoms with E-state index in [9.17, 15) is 13.2 Å². The van der Waals surface area contributed by atoms with Crippen LogP contribution in [0.15, 0.2) is 4.99 Å². The minimum absolute atomic E-state index is 0. The quantitative estimate of drug-likeness (QED) is 0.306. The Hall–Kier alpha value is -0.330. The van der Waals surface area contributed by atoms with Gasteiger partial charge in [-0.15, -0.1) is 24.0 Å². The van der Waals surface area contributed by atoms with Crippen LogP contribution < -0.4 is 10.6 Å². The van der Waals surface area contributed by atoms with Crippen LogP contribution in [-0.2, 0) is 4.74 Å². The van der Waals surface area contributed by atoms with Gasteiger partial charge >= 0.3 is 6.18 Å². The SMILES string of the molecule is CN=C(NCCN(C)CC(F)(F)F)NCC1(N2CCOCC2)CCCCC1.I. The van der Waals surface area contributed by atoms with E-state index >= 15 is 0 Å². The molecule has 2 aliphatic rings. The van der Waals surface area contributed by atoms with Crippen molar-refractivity contribution < 1.29 is 17.9 Å². The van der Waals surface area contributed by atoms with E-state index in [0.29, 0.717) is 19.0 Å². The fourth-order valence-electron chi connectivity index (χ4n) is 4.07. The Morgan fingerprint density at radius 2 is 1.79 bits per heavy atom. The van der Waals surface area contributed by atoms with Crippen LogP contribution in [0.25, 0.3) is 0 Å². The van der Waals surface area contributed by atoms with Gasteiger partial charge in [0.05, 0.1) is 19.8 Å². The molecule has 1 aliphatic heterocycles. The molecule has 6 nitrogen and oxygen atoms in total. The van der Waals surface area contributed by atoms with Crippen molar-refractivity contribution in [2.24, 2.45) is 4.99 Å². The molecule has 0 aromatic carbocycles. The first kappa shape index (κ1) is 25.7. The van der Waals surface area contributed by atoms with Crippen molar-refractivity contribution in [1.29, 1.82) is 0 Å². The lowest BCUT2D eigenvalue weighted by Crippen LogP contribution is -2.60. The summed E-state index contributed by atoms with van der Waals surface area (Å²) in [6, 6.07) is 0. The second kappa shape index (κ2) is 12.4. The second-order valence-corrected chi connectivity index (χ2v) is 7.59. The van der Waals surface area contributed by atoms with Gasteiger partial charge in [0.2, 0.25) is 0 Å². The molecule has 2 N–H and O–H groups in total. The summed E-state index contributed by atoms with van der Waals surface area (Å²) < 4.78 is 42.7. The summed E-state index contributed by atoms with van der Waals surface area (Å²) in [6.45, 7) is 4.07. The normalized spacial score (nSPS) is 21.3. The highest BCUT2D eigenvalue weighted by atomic mass is 127. The zero-order valence-electron chi connectivity index (χ0n) is 17.0. The number of halogens is 4. The van der Waals surface area contributed by atoms with Crippen LogP contribution in [0.5, 0.6) is 0 Å². The maximum absolute atomic E-state index is 12.4. The fraction of sp³-hybridized carbons (Fsp3) is 0.944. The Labute approximate surface area is 183 Å². The predicted octanol–water partition coefficient (Wildman–Crippen LogP) is 2.30. The number of morpholine rings is 1. The van der Waals surface area contributed by atoms with Crippen molar-refractivity contribution in [3.63, 3.8) is 0 Å². The van der Waals surface area contributed by atoms with Crippen molar-refractivity contribution in [2.45, 2.75) is 43.8 Å². The van der Waals surface area contributed by atoms with Crippen molar-refractivity contribution >= 4 is 29.9 Å². The number of rotatable bonds is 7. The molecule has 1 saturated heterocycles. The zero-order valence-corrected chi connectivity index (χ0v) is 19.3. The standard InChI is InChI=1S/C18H34F3N5O.HI/c1-22-16(23-8-9-25(2)15-18(19,20)21)24-14-17(6-4-3-5-7-17)26-10-12-27-13-11-26;/h3-15H2,1-2H3,(H2,22,23,24);1H. The fourth-order valence-corrected chi connectivity index (χ4v) is 4.07. The molecule has 1 aliphatic carbocycles. The lowest BCUT2D eigenvalue weighted by molar-refractivity contribution is -0.142. The Morgan fingerprint density at radius 3 is 2.36 bits per heavy atom. The first-order valence-corrected chi connectivity index (χ1v) is 9.87.